The van der Waals surface area contributed by atoms with Gasteiger partial charge in [0.05, 0.1) is 19.1 Å². The number of carbonyl (C=O) groups excluding carboxylic acids is 2. The smallest absolute Gasteiger partial charge is 0.309 e. The van der Waals surface area contributed by atoms with Crippen LogP contribution >= 0.6 is 0 Å². The number of hydrogen-bond donors (Lipinski definition) is 1. The van der Waals surface area contributed by atoms with Crippen molar-refractivity contribution in [1.29, 1.82) is 0 Å². The molecule has 1 N–H and O–H groups in total. The first kappa shape index (κ1) is 19.9. The maximum atomic E-state index is 12.2. The van der Waals surface area contributed by atoms with Gasteiger partial charge in [-0.25, -0.2) is 0 Å². The van der Waals surface area contributed by atoms with Crippen molar-refractivity contribution >= 4 is 11.9 Å². The normalized spacial score (nSPS) is 15.4. The monoisotopic (exact) mass is 381 g/mol. The molecule has 0 heterocycles. The summed E-state index contributed by atoms with van der Waals surface area (Å²) in [5.74, 6) is 0.0523. The minimum Gasteiger partial charge on any atom is -0.493 e. The van der Waals surface area contributed by atoms with Crippen LogP contribution in [0.2, 0.25) is 0 Å². The average molecular weight is 381 g/mol. The largest absolute Gasteiger partial charge is 0.493 e. The molecule has 0 saturated carbocycles. The van der Waals surface area contributed by atoms with Gasteiger partial charge in [0.2, 0.25) is 0 Å². The first-order valence-electron chi connectivity index (χ1n) is 9.76. The van der Waals surface area contributed by atoms with Crippen LogP contribution in [0.1, 0.15) is 47.6 Å². The van der Waals surface area contributed by atoms with Gasteiger partial charge in [-0.15, -0.1) is 0 Å². The Kier molecular flexibility index (Phi) is 6.69. The van der Waals surface area contributed by atoms with Crippen molar-refractivity contribution in [3.05, 3.63) is 64.7 Å². The number of ether oxygens (including phenoxy) is 2. The Hall–Kier alpha value is -2.82. The highest BCUT2D eigenvalue weighted by Gasteiger charge is 2.21. The molecule has 1 unspecified atom stereocenters. The van der Waals surface area contributed by atoms with Crippen LogP contribution in [0.15, 0.2) is 42.5 Å². The lowest BCUT2D eigenvalue weighted by atomic mass is 9.88. The van der Waals surface area contributed by atoms with E-state index in [1.165, 1.54) is 5.56 Å². The number of esters is 1. The summed E-state index contributed by atoms with van der Waals surface area (Å²) in [4.78, 5) is 24.1. The Labute approximate surface area is 166 Å². The number of rotatable bonds is 7. The van der Waals surface area contributed by atoms with E-state index in [2.05, 4.69) is 17.4 Å². The third-order valence-corrected chi connectivity index (χ3v) is 4.98. The highest BCUT2D eigenvalue weighted by atomic mass is 16.5. The molecule has 1 atom stereocenters. The van der Waals surface area contributed by atoms with E-state index < -0.39 is 5.97 Å². The molecule has 0 bridgehead atoms. The zero-order valence-electron chi connectivity index (χ0n) is 16.5. The molecule has 1 aliphatic rings. The van der Waals surface area contributed by atoms with E-state index in [0.717, 1.165) is 41.7 Å². The Morgan fingerprint density at radius 2 is 1.96 bits per heavy atom. The van der Waals surface area contributed by atoms with Gasteiger partial charge in [0.1, 0.15) is 5.75 Å². The predicted octanol–water partition coefficient (Wildman–Crippen LogP) is 3.81. The number of benzene rings is 2. The van der Waals surface area contributed by atoms with Crippen molar-refractivity contribution in [2.75, 3.05) is 13.2 Å². The van der Waals surface area contributed by atoms with Gasteiger partial charge in [-0.1, -0.05) is 36.4 Å². The van der Waals surface area contributed by atoms with E-state index in [1.807, 2.05) is 44.2 Å². The molecule has 0 saturated heterocycles. The fourth-order valence-electron chi connectivity index (χ4n) is 3.47. The van der Waals surface area contributed by atoms with Crippen LogP contribution in [0.4, 0.5) is 0 Å². The lowest BCUT2D eigenvalue weighted by molar-refractivity contribution is -0.149. The minimum absolute atomic E-state index is 0.0104. The number of hydrogen-bond acceptors (Lipinski definition) is 4. The van der Waals surface area contributed by atoms with Crippen LogP contribution in [0.5, 0.6) is 5.75 Å². The molecule has 2 aromatic rings. The number of amides is 1. The van der Waals surface area contributed by atoms with Gasteiger partial charge in [-0.2, -0.15) is 0 Å². The van der Waals surface area contributed by atoms with Gasteiger partial charge < -0.3 is 14.8 Å². The van der Waals surface area contributed by atoms with Gasteiger partial charge in [-0.3, -0.25) is 9.59 Å². The third-order valence-electron chi connectivity index (χ3n) is 4.98. The fourth-order valence-corrected chi connectivity index (χ4v) is 3.47. The van der Waals surface area contributed by atoms with Gasteiger partial charge in [-0.05, 0) is 61.4 Å². The Bertz CT molecular complexity index is 846. The van der Waals surface area contributed by atoms with Crippen molar-refractivity contribution in [2.24, 2.45) is 0 Å². The van der Waals surface area contributed by atoms with E-state index in [1.54, 1.807) is 0 Å². The van der Waals surface area contributed by atoms with Crippen molar-refractivity contribution < 1.29 is 19.1 Å². The highest BCUT2D eigenvalue weighted by molar-refractivity contribution is 5.81. The van der Waals surface area contributed by atoms with Crippen LogP contribution in [-0.4, -0.2) is 25.1 Å². The second-order valence-electron chi connectivity index (χ2n) is 7.24. The maximum absolute atomic E-state index is 12.2. The molecule has 5 heteroatoms. The topological polar surface area (TPSA) is 64.6 Å². The highest BCUT2D eigenvalue weighted by Crippen LogP contribution is 2.29. The van der Waals surface area contributed by atoms with E-state index in [-0.39, 0.29) is 31.6 Å². The van der Waals surface area contributed by atoms with Crippen LogP contribution in [0.3, 0.4) is 0 Å². The molecule has 0 fully saturated rings. The lowest BCUT2D eigenvalue weighted by Gasteiger charge is -2.26. The van der Waals surface area contributed by atoms with Gasteiger partial charge in [0, 0.05) is 0 Å². The van der Waals surface area contributed by atoms with Gasteiger partial charge >= 0.3 is 5.97 Å². The summed E-state index contributed by atoms with van der Waals surface area (Å²) in [5, 5.41) is 2.98. The molecule has 0 spiro atoms. The molecular formula is C23H27NO4. The summed E-state index contributed by atoms with van der Waals surface area (Å²) in [6.07, 6.45) is 3.09. The summed E-state index contributed by atoms with van der Waals surface area (Å²) >= 11 is 0. The second-order valence-corrected chi connectivity index (χ2v) is 7.24. The van der Waals surface area contributed by atoms with Crippen molar-refractivity contribution in [2.45, 2.75) is 45.6 Å². The molecule has 148 valence electrons. The van der Waals surface area contributed by atoms with E-state index >= 15 is 0 Å². The second kappa shape index (κ2) is 9.40. The summed E-state index contributed by atoms with van der Waals surface area (Å²) in [6.45, 7) is 3.91. The standard InChI is InChI=1S/C23H27NO4/c1-16-10-11-17(2)21(14-16)27-13-12-23(26)28-15-22(25)24-20-9-5-7-18-6-3-4-8-19(18)20/h3-4,6,8,10-11,14,20H,5,7,9,12-13,15H2,1-2H3,(H,24,25). The molecule has 1 amide bonds. The van der Waals surface area contributed by atoms with E-state index in [4.69, 9.17) is 9.47 Å². The van der Waals surface area contributed by atoms with Crippen LogP contribution in [-0.2, 0) is 20.7 Å². The summed E-state index contributed by atoms with van der Waals surface area (Å²) in [6, 6.07) is 14.1. The van der Waals surface area contributed by atoms with Crippen molar-refractivity contribution in [1.82, 2.24) is 5.32 Å². The Balaban J connectivity index is 1.40. The number of nitrogens with one attached hydrogen (secondary N) is 1. The molecule has 0 radical (unpaired) electrons. The summed E-state index contributed by atoms with van der Waals surface area (Å²) < 4.78 is 10.7. The molecule has 28 heavy (non-hydrogen) atoms. The predicted molar refractivity (Wildman–Crippen MR) is 107 cm³/mol. The van der Waals surface area contributed by atoms with Crippen molar-refractivity contribution in [3.63, 3.8) is 0 Å². The number of aryl methyl sites for hydroxylation is 3. The Morgan fingerprint density at radius 1 is 1.14 bits per heavy atom. The zero-order valence-corrected chi connectivity index (χ0v) is 16.5. The molecule has 2 aromatic carbocycles. The quantitative estimate of drug-likeness (QED) is 0.741. The van der Waals surface area contributed by atoms with E-state index in [9.17, 15) is 9.59 Å². The van der Waals surface area contributed by atoms with Crippen LogP contribution < -0.4 is 10.1 Å². The Morgan fingerprint density at radius 3 is 2.82 bits per heavy atom. The first-order chi connectivity index (χ1) is 13.5. The number of fused-ring (bicyclic) bond motifs is 1. The average Bonchev–Trinajstić information content (AvgIpc) is 2.69. The first-order valence-corrected chi connectivity index (χ1v) is 9.76. The SMILES string of the molecule is Cc1ccc(C)c(OCCC(=O)OCC(=O)NC2CCCc3ccccc32)c1. The number of carbonyl (C=O) groups is 2. The van der Waals surface area contributed by atoms with Crippen LogP contribution in [0.25, 0.3) is 0 Å². The zero-order chi connectivity index (χ0) is 19.9. The lowest BCUT2D eigenvalue weighted by Crippen LogP contribution is -2.34. The van der Waals surface area contributed by atoms with E-state index in [0.29, 0.717) is 0 Å². The maximum Gasteiger partial charge on any atom is 0.309 e. The van der Waals surface area contributed by atoms with Gasteiger partial charge in [0.25, 0.3) is 5.91 Å². The fraction of sp³-hybridized carbons (Fsp3) is 0.391. The molecule has 0 aliphatic heterocycles. The molecule has 5 nitrogen and oxygen atoms in total. The summed E-state index contributed by atoms with van der Waals surface area (Å²) in [5.41, 5.74) is 4.56. The molecule has 1 aliphatic carbocycles. The molecule has 0 aromatic heterocycles. The third kappa shape index (κ3) is 5.35. The summed E-state index contributed by atoms with van der Waals surface area (Å²) in [7, 11) is 0. The van der Waals surface area contributed by atoms with Crippen LogP contribution in [0, 0.1) is 13.8 Å². The van der Waals surface area contributed by atoms with Crippen molar-refractivity contribution in [3.8, 4) is 5.75 Å². The molecular weight excluding hydrogens is 354 g/mol. The molecule has 3 rings (SSSR count). The minimum atomic E-state index is -0.440. The van der Waals surface area contributed by atoms with Gasteiger partial charge in [0.15, 0.2) is 6.61 Å².